The molecule has 98 valence electrons. The molecule has 1 aromatic carbocycles. The van der Waals surface area contributed by atoms with Crippen LogP contribution in [0.4, 0.5) is 4.39 Å². The highest BCUT2D eigenvalue weighted by atomic mass is 19.1. The van der Waals surface area contributed by atoms with Gasteiger partial charge in [-0.25, -0.2) is 4.39 Å². The molecule has 1 aliphatic heterocycles. The van der Waals surface area contributed by atoms with Crippen LogP contribution < -0.4 is 5.32 Å². The number of nitrogens with one attached hydrogen (secondary N) is 1. The molecule has 18 heavy (non-hydrogen) atoms. The predicted octanol–water partition coefficient (Wildman–Crippen LogP) is 1.78. The van der Waals surface area contributed by atoms with Crippen LogP contribution in [0.25, 0.3) is 0 Å². The molecule has 2 rings (SSSR count). The number of carbonyl (C=O) groups excluding carboxylic acids is 1. The molecule has 0 bridgehead atoms. The third-order valence-electron chi connectivity index (χ3n) is 3.33. The molecule has 0 aliphatic carbocycles. The Balaban J connectivity index is 1.94. The summed E-state index contributed by atoms with van der Waals surface area (Å²) in [5.74, 6) is -0.0450. The summed E-state index contributed by atoms with van der Waals surface area (Å²) in [4.78, 5) is 13.9. The van der Waals surface area contributed by atoms with Crippen molar-refractivity contribution in [1.29, 1.82) is 0 Å². The second kappa shape index (κ2) is 5.96. The third-order valence-corrected chi connectivity index (χ3v) is 3.33. The normalized spacial score (nSPS) is 19.6. The maximum atomic E-state index is 13.1. The van der Waals surface area contributed by atoms with Crippen LogP contribution in [0.1, 0.15) is 18.4 Å². The van der Waals surface area contributed by atoms with Crippen LogP contribution in [-0.4, -0.2) is 30.9 Å². The van der Waals surface area contributed by atoms with Crippen molar-refractivity contribution in [2.24, 2.45) is 5.92 Å². The van der Waals surface area contributed by atoms with E-state index in [0.717, 1.165) is 31.5 Å². The van der Waals surface area contributed by atoms with Crippen molar-refractivity contribution in [3.05, 3.63) is 35.6 Å². The van der Waals surface area contributed by atoms with Crippen molar-refractivity contribution >= 4 is 5.91 Å². The molecular formula is C14H19FN2O. The molecule has 1 N–H and O–H groups in total. The smallest absolute Gasteiger partial charge is 0.227 e. The minimum absolute atomic E-state index is 0.0670. The lowest BCUT2D eigenvalue weighted by molar-refractivity contribution is -0.135. The number of hydrogen-bond acceptors (Lipinski definition) is 2. The molecule has 1 aliphatic rings. The van der Waals surface area contributed by atoms with Gasteiger partial charge in [0.15, 0.2) is 0 Å². The van der Waals surface area contributed by atoms with E-state index in [4.69, 9.17) is 0 Å². The topological polar surface area (TPSA) is 32.3 Å². The number of rotatable bonds is 3. The van der Waals surface area contributed by atoms with E-state index in [2.05, 4.69) is 5.32 Å². The Kier molecular flexibility index (Phi) is 4.31. The molecule has 1 atom stereocenters. The fourth-order valence-corrected chi connectivity index (χ4v) is 2.36. The lowest BCUT2D eigenvalue weighted by Gasteiger charge is -2.27. The van der Waals surface area contributed by atoms with Gasteiger partial charge >= 0.3 is 0 Å². The summed E-state index contributed by atoms with van der Waals surface area (Å²) in [6.07, 6.45) is 1.99. The van der Waals surface area contributed by atoms with E-state index in [-0.39, 0.29) is 17.6 Å². The van der Waals surface area contributed by atoms with Crippen LogP contribution in [0.5, 0.6) is 0 Å². The van der Waals surface area contributed by atoms with Crippen molar-refractivity contribution in [3.8, 4) is 0 Å². The van der Waals surface area contributed by atoms with E-state index < -0.39 is 0 Å². The van der Waals surface area contributed by atoms with E-state index >= 15 is 0 Å². The van der Waals surface area contributed by atoms with E-state index in [9.17, 15) is 9.18 Å². The number of benzene rings is 1. The molecule has 0 saturated carbocycles. The lowest BCUT2D eigenvalue weighted by atomic mass is 9.98. The van der Waals surface area contributed by atoms with Gasteiger partial charge in [-0.2, -0.15) is 0 Å². The molecule has 1 aromatic rings. The molecule has 0 aromatic heterocycles. The first-order valence-corrected chi connectivity index (χ1v) is 6.37. The van der Waals surface area contributed by atoms with Crippen LogP contribution in [0.2, 0.25) is 0 Å². The molecule has 1 fully saturated rings. The largest absolute Gasteiger partial charge is 0.341 e. The highest BCUT2D eigenvalue weighted by molar-refractivity contribution is 5.78. The van der Waals surface area contributed by atoms with Crippen LogP contribution >= 0.6 is 0 Å². The number of amides is 1. The number of carbonyl (C=O) groups is 1. The summed E-state index contributed by atoms with van der Waals surface area (Å²) < 4.78 is 13.1. The Morgan fingerprint density at radius 2 is 2.39 bits per heavy atom. The highest BCUT2D eigenvalue weighted by Crippen LogP contribution is 2.14. The molecule has 1 saturated heterocycles. The van der Waals surface area contributed by atoms with Crippen molar-refractivity contribution in [1.82, 2.24) is 10.2 Å². The van der Waals surface area contributed by atoms with E-state index in [1.807, 2.05) is 6.07 Å². The number of piperidine rings is 1. The summed E-state index contributed by atoms with van der Waals surface area (Å²) in [7, 11) is 1.78. The SMILES string of the molecule is CN(Cc1cccc(F)c1)C(=O)[C@H]1CCCNC1. The molecule has 4 heteroatoms. The van der Waals surface area contributed by atoms with Crippen LogP contribution in [0.15, 0.2) is 24.3 Å². The number of nitrogens with zero attached hydrogens (tertiary/aromatic N) is 1. The van der Waals surface area contributed by atoms with Crippen molar-refractivity contribution in [3.63, 3.8) is 0 Å². The van der Waals surface area contributed by atoms with Crippen molar-refractivity contribution in [2.75, 3.05) is 20.1 Å². The fraction of sp³-hybridized carbons (Fsp3) is 0.500. The molecule has 3 nitrogen and oxygen atoms in total. The lowest BCUT2D eigenvalue weighted by Crippen LogP contribution is -2.41. The minimum atomic E-state index is -0.257. The molecule has 1 heterocycles. The summed E-state index contributed by atoms with van der Waals surface area (Å²) >= 11 is 0. The highest BCUT2D eigenvalue weighted by Gasteiger charge is 2.23. The summed E-state index contributed by atoms with van der Waals surface area (Å²) in [6, 6.07) is 6.40. The Bertz CT molecular complexity index is 416. The van der Waals surface area contributed by atoms with Gasteiger partial charge in [0.25, 0.3) is 0 Å². The van der Waals surface area contributed by atoms with Gasteiger partial charge in [-0.1, -0.05) is 12.1 Å². The predicted molar refractivity (Wildman–Crippen MR) is 68.5 cm³/mol. The van der Waals surface area contributed by atoms with Crippen LogP contribution in [-0.2, 0) is 11.3 Å². The molecule has 0 unspecified atom stereocenters. The molecule has 1 amide bonds. The van der Waals surface area contributed by atoms with Gasteiger partial charge in [0, 0.05) is 20.1 Å². The van der Waals surface area contributed by atoms with Gasteiger partial charge in [0.05, 0.1) is 5.92 Å². The minimum Gasteiger partial charge on any atom is -0.341 e. The summed E-state index contributed by atoms with van der Waals surface area (Å²) in [5.41, 5.74) is 0.828. The number of hydrogen-bond donors (Lipinski definition) is 1. The summed E-state index contributed by atoms with van der Waals surface area (Å²) in [6.45, 7) is 2.22. The van der Waals surface area contributed by atoms with Gasteiger partial charge < -0.3 is 10.2 Å². The first-order valence-electron chi connectivity index (χ1n) is 6.37. The van der Waals surface area contributed by atoms with Crippen LogP contribution in [0.3, 0.4) is 0 Å². The first-order chi connectivity index (χ1) is 8.66. The second-order valence-electron chi connectivity index (χ2n) is 4.87. The van der Waals surface area contributed by atoms with Gasteiger partial charge in [-0.3, -0.25) is 4.79 Å². The average molecular weight is 250 g/mol. The van der Waals surface area contributed by atoms with Crippen molar-refractivity contribution in [2.45, 2.75) is 19.4 Å². The van der Waals surface area contributed by atoms with E-state index in [1.54, 1.807) is 18.0 Å². The van der Waals surface area contributed by atoms with Crippen LogP contribution in [0, 0.1) is 11.7 Å². The molecule has 0 spiro atoms. The third kappa shape index (κ3) is 3.29. The Labute approximate surface area is 107 Å². The maximum absolute atomic E-state index is 13.1. The average Bonchev–Trinajstić information content (AvgIpc) is 2.39. The standard InChI is InChI=1S/C14H19FN2O/c1-17(10-11-4-2-6-13(15)8-11)14(18)12-5-3-7-16-9-12/h2,4,6,8,12,16H,3,5,7,9-10H2,1H3/t12-/m0/s1. The van der Waals surface area contributed by atoms with Gasteiger partial charge in [-0.15, -0.1) is 0 Å². The maximum Gasteiger partial charge on any atom is 0.227 e. The zero-order valence-electron chi connectivity index (χ0n) is 10.7. The van der Waals surface area contributed by atoms with E-state index in [1.165, 1.54) is 12.1 Å². The Hall–Kier alpha value is -1.42. The van der Waals surface area contributed by atoms with Gasteiger partial charge in [-0.05, 0) is 37.1 Å². The second-order valence-corrected chi connectivity index (χ2v) is 4.87. The first kappa shape index (κ1) is 13.0. The monoisotopic (exact) mass is 250 g/mol. The Morgan fingerprint density at radius 3 is 3.06 bits per heavy atom. The van der Waals surface area contributed by atoms with Crippen molar-refractivity contribution < 1.29 is 9.18 Å². The zero-order valence-corrected chi connectivity index (χ0v) is 10.7. The zero-order chi connectivity index (χ0) is 13.0. The van der Waals surface area contributed by atoms with E-state index in [0.29, 0.717) is 6.54 Å². The Morgan fingerprint density at radius 1 is 1.56 bits per heavy atom. The quantitative estimate of drug-likeness (QED) is 0.887. The molecular weight excluding hydrogens is 231 g/mol. The number of halogens is 1. The fourth-order valence-electron chi connectivity index (χ4n) is 2.36. The molecule has 0 radical (unpaired) electrons. The summed E-state index contributed by atoms with van der Waals surface area (Å²) in [5, 5.41) is 3.24. The van der Waals surface area contributed by atoms with Gasteiger partial charge in [0.1, 0.15) is 5.82 Å². The van der Waals surface area contributed by atoms with Gasteiger partial charge in [0.2, 0.25) is 5.91 Å².